The minimum absolute atomic E-state index is 0.294. The van der Waals surface area contributed by atoms with Crippen molar-refractivity contribution in [1.29, 1.82) is 0 Å². The third-order valence-corrected chi connectivity index (χ3v) is 7.95. The van der Waals surface area contributed by atoms with E-state index >= 15 is 0 Å². The summed E-state index contributed by atoms with van der Waals surface area (Å²) in [4.78, 5) is 5.25. The Hall–Kier alpha value is 0.150. The molecule has 0 aromatic carbocycles. The second-order valence-corrected chi connectivity index (χ2v) is 10.2. The van der Waals surface area contributed by atoms with Crippen molar-refractivity contribution in [2.75, 3.05) is 59.2 Å². The summed E-state index contributed by atoms with van der Waals surface area (Å²) in [6, 6.07) is 1.64. The fraction of sp³-hybridized carbons (Fsp3) is 1.00. The predicted molar refractivity (Wildman–Crippen MR) is 111 cm³/mol. The molecule has 0 bridgehead atoms. The summed E-state index contributed by atoms with van der Waals surface area (Å²) in [5.74, 6) is 0.375. The Labute approximate surface area is 165 Å². The summed E-state index contributed by atoms with van der Waals surface area (Å²) in [7, 11) is 2.27. The van der Waals surface area contributed by atoms with Gasteiger partial charge in [0.2, 0.25) is 0 Å². The molecule has 26 heavy (non-hydrogen) atoms. The van der Waals surface area contributed by atoms with Crippen molar-refractivity contribution >= 4 is 11.9 Å². The van der Waals surface area contributed by atoms with Gasteiger partial charge in [0, 0.05) is 56.8 Å². The van der Waals surface area contributed by atoms with E-state index in [1.807, 2.05) is 0 Å². The number of aliphatic hydroxyl groups is 1. The predicted octanol–water partition coefficient (Wildman–Crippen LogP) is 1.73. The molecular formula is C20H40N4OS. The topological polar surface area (TPSA) is 42.0 Å². The van der Waals surface area contributed by atoms with Gasteiger partial charge >= 0.3 is 0 Å². The Kier molecular flexibility index (Phi) is 7.30. The summed E-state index contributed by atoms with van der Waals surface area (Å²) in [6.07, 6.45) is 7.40. The van der Waals surface area contributed by atoms with E-state index in [0.717, 1.165) is 13.1 Å². The van der Waals surface area contributed by atoms with Crippen LogP contribution in [0.5, 0.6) is 0 Å². The first-order valence-corrected chi connectivity index (χ1v) is 11.7. The van der Waals surface area contributed by atoms with Crippen molar-refractivity contribution in [3.8, 4) is 0 Å². The maximum atomic E-state index is 9.66. The largest absolute Gasteiger partial charge is 0.396 e. The molecule has 152 valence electrons. The Morgan fingerprint density at radius 3 is 2.58 bits per heavy atom. The van der Waals surface area contributed by atoms with Gasteiger partial charge in [-0.25, -0.2) is 4.31 Å². The summed E-state index contributed by atoms with van der Waals surface area (Å²) < 4.78 is 2.37. The molecular weight excluding hydrogens is 344 g/mol. The van der Waals surface area contributed by atoms with Crippen molar-refractivity contribution in [3.63, 3.8) is 0 Å². The van der Waals surface area contributed by atoms with Gasteiger partial charge in [0.05, 0.1) is 0 Å². The van der Waals surface area contributed by atoms with Crippen molar-refractivity contribution in [2.24, 2.45) is 11.3 Å². The van der Waals surface area contributed by atoms with Crippen LogP contribution in [-0.4, -0.2) is 96.5 Å². The summed E-state index contributed by atoms with van der Waals surface area (Å²) in [5.41, 5.74) is 0.590. The van der Waals surface area contributed by atoms with Crippen molar-refractivity contribution in [2.45, 2.75) is 57.7 Å². The number of likely N-dealkylation sites (tertiary alicyclic amines) is 2. The van der Waals surface area contributed by atoms with Crippen LogP contribution in [0.2, 0.25) is 0 Å². The van der Waals surface area contributed by atoms with Gasteiger partial charge in [-0.05, 0) is 71.3 Å². The highest BCUT2D eigenvalue weighted by atomic mass is 32.2. The maximum absolute atomic E-state index is 9.66. The number of rotatable bonds is 8. The molecule has 1 spiro atoms. The van der Waals surface area contributed by atoms with Crippen LogP contribution in [0, 0.1) is 11.3 Å². The molecule has 3 saturated heterocycles. The number of hydrogen-bond donors (Lipinski definition) is 2. The van der Waals surface area contributed by atoms with Crippen molar-refractivity contribution < 1.29 is 5.11 Å². The Morgan fingerprint density at radius 2 is 1.92 bits per heavy atom. The SMILES string of the molecule is CSN1CC(CO)C(NC(C)CCC(C)N2CCC3(CCN(C)C3)C2)C1. The summed E-state index contributed by atoms with van der Waals surface area (Å²) in [6.45, 7) is 12.3. The number of aliphatic hydroxyl groups excluding tert-OH is 1. The van der Waals surface area contributed by atoms with Crippen LogP contribution in [0.25, 0.3) is 0 Å². The molecule has 0 aliphatic carbocycles. The minimum atomic E-state index is 0.294. The van der Waals surface area contributed by atoms with E-state index in [0.29, 0.717) is 36.1 Å². The first kappa shape index (κ1) is 20.9. The first-order chi connectivity index (χ1) is 12.4. The van der Waals surface area contributed by atoms with Gasteiger partial charge < -0.3 is 20.2 Å². The van der Waals surface area contributed by atoms with E-state index in [-0.39, 0.29) is 0 Å². The lowest BCUT2D eigenvalue weighted by molar-refractivity contribution is 0.192. The first-order valence-electron chi connectivity index (χ1n) is 10.5. The third-order valence-electron chi connectivity index (χ3n) is 7.14. The van der Waals surface area contributed by atoms with Gasteiger partial charge in [-0.3, -0.25) is 0 Å². The third kappa shape index (κ3) is 4.95. The minimum Gasteiger partial charge on any atom is -0.396 e. The highest BCUT2D eigenvalue weighted by Crippen LogP contribution is 2.39. The molecule has 0 radical (unpaired) electrons. The van der Waals surface area contributed by atoms with E-state index in [1.54, 1.807) is 11.9 Å². The molecule has 0 amide bonds. The van der Waals surface area contributed by atoms with E-state index in [1.165, 1.54) is 51.9 Å². The summed E-state index contributed by atoms with van der Waals surface area (Å²) >= 11 is 1.80. The molecule has 3 fully saturated rings. The zero-order chi connectivity index (χ0) is 18.7. The molecule has 3 aliphatic heterocycles. The molecule has 2 N–H and O–H groups in total. The quantitative estimate of drug-likeness (QED) is 0.621. The second-order valence-electron chi connectivity index (χ2n) is 9.28. The second kappa shape index (κ2) is 9.10. The van der Waals surface area contributed by atoms with Crippen LogP contribution in [0.15, 0.2) is 0 Å². The normalized spacial score (nSPS) is 36.3. The zero-order valence-corrected chi connectivity index (χ0v) is 18.1. The standard InChI is InChI=1S/C20H40N4OS/c1-16(21-19-12-24(26-4)11-18(19)13-25)5-6-17(2)23-10-8-20(15-23)7-9-22(3)14-20/h16-19,21,25H,5-15H2,1-4H3. The molecule has 3 rings (SSSR count). The zero-order valence-electron chi connectivity index (χ0n) is 17.3. The van der Waals surface area contributed by atoms with Crippen LogP contribution in [0.3, 0.4) is 0 Å². The van der Waals surface area contributed by atoms with E-state index in [4.69, 9.17) is 0 Å². The van der Waals surface area contributed by atoms with Gasteiger partial charge in [-0.2, -0.15) is 0 Å². The van der Waals surface area contributed by atoms with Gasteiger partial charge in [0.1, 0.15) is 0 Å². The van der Waals surface area contributed by atoms with Crippen LogP contribution in [0.1, 0.15) is 39.5 Å². The van der Waals surface area contributed by atoms with E-state index < -0.39 is 0 Å². The highest BCUT2D eigenvalue weighted by molar-refractivity contribution is 7.96. The fourth-order valence-electron chi connectivity index (χ4n) is 5.31. The molecule has 0 saturated carbocycles. The molecule has 5 atom stereocenters. The number of hydrogen-bond acceptors (Lipinski definition) is 6. The molecule has 3 aliphatic rings. The lowest BCUT2D eigenvalue weighted by Crippen LogP contribution is -2.43. The monoisotopic (exact) mass is 384 g/mol. The fourth-order valence-corrected chi connectivity index (χ4v) is 5.97. The molecule has 0 aromatic rings. The molecule has 5 nitrogen and oxygen atoms in total. The Balaban J connectivity index is 1.40. The van der Waals surface area contributed by atoms with Crippen molar-refractivity contribution in [1.82, 2.24) is 19.4 Å². The van der Waals surface area contributed by atoms with Gasteiger partial charge in [-0.1, -0.05) is 11.9 Å². The molecule has 6 heteroatoms. The average Bonchev–Trinajstić information content (AvgIpc) is 3.32. The Bertz CT molecular complexity index is 454. The van der Waals surface area contributed by atoms with Crippen LogP contribution >= 0.6 is 11.9 Å². The lowest BCUT2D eigenvalue weighted by Gasteiger charge is -2.29. The smallest absolute Gasteiger partial charge is 0.0487 e. The van der Waals surface area contributed by atoms with Gasteiger partial charge in [0.25, 0.3) is 0 Å². The van der Waals surface area contributed by atoms with Gasteiger partial charge in [0.15, 0.2) is 0 Å². The Morgan fingerprint density at radius 1 is 1.15 bits per heavy atom. The van der Waals surface area contributed by atoms with E-state index in [2.05, 4.69) is 46.6 Å². The van der Waals surface area contributed by atoms with Crippen LogP contribution in [0.4, 0.5) is 0 Å². The average molecular weight is 385 g/mol. The van der Waals surface area contributed by atoms with Crippen molar-refractivity contribution in [3.05, 3.63) is 0 Å². The molecule has 0 aromatic heterocycles. The lowest BCUT2D eigenvalue weighted by atomic mass is 9.86. The van der Waals surface area contributed by atoms with Crippen LogP contribution < -0.4 is 5.32 Å². The number of nitrogens with zero attached hydrogens (tertiary/aromatic N) is 3. The number of nitrogens with one attached hydrogen (secondary N) is 1. The molecule has 5 unspecified atom stereocenters. The maximum Gasteiger partial charge on any atom is 0.0487 e. The summed E-state index contributed by atoms with van der Waals surface area (Å²) in [5, 5.41) is 13.5. The van der Waals surface area contributed by atoms with Gasteiger partial charge in [-0.15, -0.1) is 0 Å². The molecule has 3 heterocycles. The highest BCUT2D eigenvalue weighted by Gasteiger charge is 2.43. The van der Waals surface area contributed by atoms with Crippen LogP contribution in [-0.2, 0) is 0 Å². The van der Waals surface area contributed by atoms with E-state index in [9.17, 15) is 5.11 Å².